The smallest absolute Gasteiger partial charge is 0.151 e. The molecule has 84 valence electrons. The van der Waals surface area contributed by atoms with E-state index >= 15 is 0 Å². The van der Waals surface area contributed by atoms with Crippen LogP contribution in [-0.4, -0.2) is 15.4 Å². The molecule has 0 aliphatic heterocycles. The molecule has 2 unspecified atom stereocenters. The molecule has 15 heavy (non-hydrogen) atoms. The van der Waals surface area contributed by atoms with Gasteiger partial charge in [-0.2, -0.15) is 11.8 Å². The molecule has 1 aromatic heterocycles. The normalized spacial score (nSPS) is 26.8. The van der Waals surface area contributed by atoms with Crippen molar-refractivity contribution >= 4 is 34.7 Å². The van der Waals surface area contributed by atoms with E-state index in [4.69, 9.17) is 11.6 Å². The monoisotopic (exact) mass is 262 g/mol. The summed E-state index contributed by atoms with van der Waals surface area (Å²) in [5.74, 6) is 1.87. The molecule has 1 aromatic rings. The number of hydrogen-bond acceptors (Lipinski definition) is 4. The van der Waals surface area contributed by atoms with Crippen LogP contribution in [0.1, 0.15) is 37.6 Å². The number of halogens is 1. The predicted octanol–water partition coefficient (Wildman–Crippen LogP) is 4.00. The Morgan fingerprint density at radius 1 is 1.47 bits per heavy atom. The molecule has 1 heterocycles. The van der Waals surface area contributed by atoms with Gasteiger partial charge in [0.1, 0.15) is 5.01 Å². The highest BCUT2D eigenvalue weighted by Gasteiger charge is 2.19. The van der Waals surface area contributed by atoms with E-state index in [1.54, 1.807) is 0 Å². The Kier molecular flexibility index (Phi) is 4.29. The van der Waals surface area contributed by atoms with Crippen LogP contribution in [-0.2, 0) is 5.75 Å². The van der Waals surface area contributed by atoms with E-state index in [1.807, 2.05) is 11.8 Å². The first-order valence-electron chi connectivity index (χ1n) is 5.33. The van der Waals surface area contributed by atoms with Crippen LogP contribution in [0.25, 0.3) is 0 Å². The fourth-order valence-corrected chi connectivity index (χ4v) is 4.35. The lowest BCUT2D eigenvalue weighted by atomic mass is 9.91. The van der Waals surface area contributed by atoms with Crippen molar-refractivity contribution in [2.24, 2.45) is 5.92 Å². The summed E-state index contributed by atoms with van der Waals surface area (Å²) < 4.78 is 0.558. The summed E-state index contributed by atoms with van der Waals surface area (Å²) in [6.07, 6.45) is 5.51. The molecule has 2 nitrogen and oxygen atoms in total. The Balaban J connectivity index is 1.77. The van der Waals surface area contributed by atoms with Gasteiger partial charge in [-0.1, -0.05) is 31.1 Å². The zero-order valence-electron chi connectivity index (χ0n) is 8.78. The van der Waals surface area contributed by atoms with E-state index in [0.29, 0.717) is 4.47 Å². The van der Waals surface area contributed by atoms with Crippen LogP contribution in [0.2, 0.25) is 4.47 Å². The summed E-state index contributed by atoms with van der Waals surface area (Å²) in [4.78, 5) is 0. The Morgan fingerprint density at radius 3 is 3.00 bits per heavy atom. The maximum absolute atomic E-state index is 5.74. The van der Waals surface area contributed by atoms with Gasteiger partial charge in [0.15, 0.2) is 0 Å². The quantitative estimate of drug-likeness (QED) is 0.823. The van der Waals surface area contributed by atoms with Gasteiger partial charge in [0.2, 0.25) is 4.47 Å². The maximum atomic E-state index is 5.74. The average molecular weight is 263 g/mol. The van der Waals surface area contributed by atoms with Crippen LogP contribution in [0.5, 0.6) is 0 Å². The summed E-state index contributed by atoms with van der Waals surface area (Å²) in [6, 6.07) is 0. The summed E-state index contributed by atoms with van der Waals surface area (Å²) >= 11 is 9.26. The third kappa shape index (κ3) is 3.61. The minimum Gasteiger partial charge on any atom is -0.151 e. The second kappa shape index (κ2) is 5.51. The Hall–Kier alpha value is 0.200. The molecule has 0 saturated heterocycles. The Morgan fingerprint density at radius 2 is 2.33 bits per heavy atom. The second-order valence-electron chi connectivity index (χ2n) is 4.15. The fourth-order valence-electron chi connectivity index (χ4n) is 2.01. The van der Waals surface area contributed by atoms with E-state index in [1.165, 1.54) is 37.0 Å². The number of rotatable bonds is 3. The third-order valence-corrected chi connectivity index (χ3v) is 5.31. The second-order valence-corrected chi connectivity index (χ2v) is 7.09. The van der Waals surface area contributed by atoms with Gasteiger partial charge in [-0.3, -0.25) is 0 Å². The minimum atomic E-state index is 0.558. The lowest BCUT2D eigenvalue weighted by molar-refractivity contribution is 0.394. The van der Waals surface area contributed by atoms with E-state index in [9.17, 15) is 0 Å². The van der Waals surface area contributed by atoms with E-state index in [0.717, 1.165) is 21.9 Å². The molecule has 1 aliphatic rings. The molecular weight excluding hydrogens is 248 g/mol. The molecule has 1 saturated carbocycles. The zero-order valence-corrected chi connectivity index (χ0v) is 11.2. The lowest BCUT2D eigenvalue weighted by Crippen LogP contribution is -2.15. The molecule has 0 amide bonds. The van der Waals surface area contributed by atoms with Crippen LogP contribution >= 0.6 is 34.7 Å². The average Bonchev–Trinajstić information content (AvgIpc) is 2.62. The zero-order chi connectivity index (χ0) is 10.7. The largest absolute Gasteiger partial charge is 0.207 e. The van der Waals surface area contributed by atoms with Crippen molar-refractivity contribution in [1.82, 2.24) is 10.2 Å². The molecule has 2 rings (SSSR count). The first kappa shape index (κ1) is 11.7. The predicted molar refractivity (Wildman–Crippen MR) is 67.6 cm³/mol. The van der Waals surface area contributed by atoms with Crippen molar-refractivity contribution in [2.45, 2.75) is 43.6 Å². The highest BCUT2D eigenvalue weighted by atomic mass is 35.5. The molecule has 0 spiro atoms. The van der Waals surface area contributed by atoms with Gasteiger partial charge in [-0.15, -0.1) is 10.2 Å². The van der Waals surface area contributed by atoms with E-state index in [2.05, 4.69) is 17.1 Å². The van der Waals surface area contributed by atoms with E-state index < -0.39 is 0 Å². The van der Waals surface area contributed by atoms with Gasteiger partial charge in [-0.05, 0) is 30.4 Å². The Labute approximate surface area is 104 Å². The standard InChI is InChI=1S/C10H15ClN2S2/c1-7-3-2-4-8(5-7)14-6-9-12-13-10(11)15-9/h7-8H,2-6H2,1H3. The van der Waals surface area contributed by atoms with Gasteiger partial charge in [0.25, 0.3) is 0 Å². The van der Waals surface area contributed by atoms with Gasteiger partial charge in [0.05, 0.1) is 0 Å². The van der Waals surface area contributed by atoms with Crippen molar-refractivity contribution in [3.8, 4) is 0 Å². The fraction of sp³-hybridized carbons (Fsp3) is 0.800. The number of hydrogen-bond donors (Lipinski definition) is 0. The Bertz CT molecular complexity index is 316. The van der Waals surface area contributed by atoms with Gasteiger partial charge < -0.3 is 0 Å². The molecule has 2 atom stereocenters. The first-order valence-corrected chi connectivity index (χ1v) is 7.58. The molecule has 0 radical (unpaired) electrons. The van der Waals surface area contributed by atoms with Gasteiger partial charge in [-0.25, -0.2) is 0 Å². The van der Waals surface area contributed by atoms with Gasteiger partial charge in [0, 0.05) is 11.0 Å². The minimum absolute atomic E-state index is 0.558. The molecule has 0 aromatic carbocycles. The van der Waals surface area contributed by atoms with Crippen molar-refractivity contribution < 1.29 is 0 Å². The van der Waals surface area contributed by atoms with Crippen LogP contribution in [0.15, 0.2) is 0 Å². The lowest BCUT2D eigenvalue weighted by Gasteiger charge is -2.25. The summed E-state index contributed by atoms with van der Waals surface area (Å²) in [5.41, 5.74) is 0. The number of nitrogens with zero attached hydrogens (tertiary/aromatic N) is 2. The highest BCUT2D eigenvalue weighted by molar-refractivity contribution is 7.99. The highest BCUT2D eigenvalue weighted by Crippen LogP contribution is 2.34. The van der Waals surface area contributed by atoms with E-state index in [-0.39, 0.29) is 0 Å². The van der Waals surface area contributed by atoms with Crippen molar-refractivity contribution in [1.29, 1.82) is 0 Å². The van der Waals surface area contributed by atoms with Gasteiger partial charge >= 0.3 is 0 Å². The third-order valence-electron chi connectivity index (χ3n) is 2.77. The molecule has 0 bridgehead atoms. The van der Waals surface area contributed by atoms with Crippen LogP contribution in [0.4, 0.5) is 0 Å². The summed E-state index contributed by atoms with van der Waals surface area (Å²) in [7, 11) is 0. The first-order chi connectivity index (χ1) is 7.24. The molecular formula is C10H15ClN2S2. The SMILES string of the molecule is CC1CCCC(SCc2nnc(Cl)s2)C1. The molecule has 1 fully saturated rings. The maximum Gasteiger partial charge on any atom is 0.207 e. The summed E-state index contributed by atoms with van der Waals surface area (Å²) in [6.45, 7) is 2.36. The van der Waals surface area contributed by atoms with Crippen LogP contribution < -0.4 is 0 Å². The number of aromatic nitrogens is 2. The van der Waals surface area contributed by atoms with Crippen molar-refractivity contribution in [2.75, 3.05) is 0 Å². The molecule has 0 N–H and O–H groups in total. The summed E-state index contributed by atoms with van der Waals surface area (Å²) in [5, 5.41) is 9.73. The molecule has 1 aliphatic carbocycles. The molecule has 5 heteroatoms. The van der Waals surface area contributed by atoms with Crippen molar-refractivity contribution in [3.63, 3.8) is 0 Å². The number of thioether (sulfide) groups is 1. The van der Waals surface area contributed by atoms with Crippen molar-refractivity contribution in [3.05, 3.63) is 9.47 Å². The van der Waals surface area contributed by atoms with Crippen LogP contribution in [0.3, 0.4) is 0 Å². The van der Waals surface area contributed by atoms with Crippen LogP contribution in [0, 0.1) is 5.92 Å². The topological polar surface area (TPSA) is 25.8 Å².